The smallest absolute Gasteiger partial charge is 0.0681 e. The summed E-state index contributed by atoms with van der Waals surface area (Å²) < 4.78 is 2.27. The molecule has 2 aromatic carbocycles. The molecule has 1 aromatic heterocycles. The van der Waals surface area contributed by atoms with Gasteiger partial charge in [-0.3, -0.25) is 0 Å². The third kappa shape index (κ3) is 2.99. The van der Waals surface area contributed by atoms with Crippen LogP contribution >= 0.6 is 0 Å². The highest BCUT2D eigenvalue weighted by molar-refractivity contribution is 5.81. The maximum atomic E-state index is 9.10. The van der Waals surface area contributed by atoms with Gasteiger partial charge in [0.2, 0.25) is 0 Å². The first-order chi connectivity index (χ1) is 10.3. The maximum absolute atomic E-state index is 9.10. The van der Waals surface area contributed by atoms with Gasteiger partial charge < -0.3 is 15.0 Å². The van der Waals surface area contributed by atoms with Gasteiger partial charge in [0.25, 0.3) is 0 Å². The number of benzene rings is 2. The number of aliphatic hydroxyl groups excluding tert-OH is 1. The molecule has 0 amide bonds. The molecule has 0 aliphatic carbocycles. The van der Waals surface area contributed by atoms with Gasteiger partial charge in [-0.15, -0.1) is 0 Å². The Morgan fingerprint density at radius 1 is 0.952 bits per heavy atom. The molecule has 3 nitrogen and oxygen atoms in total. The van der Waals surface area contributed by atoms with Crippen LogP contribution in [0.25, 0.3) is 10.9 Å². The Labute approximate surface area is 124 Å². The SMILES string of the molecule is CNCc1ccc2ccn(Cc3ccc(CO)cc3)c2c1. The maximum Gasteiger partial charge on any atom is 0.0681 e. The fourth-order valence-electron chi connectivity index (χ4n) is 2.63. The fourth-order valence-corrected chi connectivity index (χ4v) is 2.63. The van der Waals surface area contributed by atoms with Crippen molar-refractivity contribution in [3.63, 3.8) is 0 Å². The minimum absolute atomic E-state index is 0.0973. The molecular formula is C18H20N2O. The van der Waals surface area contributed by atoms with Gasteiger partial charge in [-0.1, -0.05) is 36.4 Å². The second-order valence-corrected chi connectivity index (χ2v) is 5.34. The number of nitrogens with zero attached hydrogens (tertiary/aromatic N) is 1. The molecule has 0 aliphatic rings. The Morgan fingerprint density at radius 3 is 2.38 bits per heavy atom. The van der Waals surface area contributed by atoms with E-state index >= 15 is 0 Å². The molecule has 3 aromatic rings. The predicted molar refractivity (Wildman–Crippen MR) is 86.2 cm³/mol. The highest BCUT2D eigenvalue weighted by Crippen LogP contribution is 2.19. The number of fused-ring (bicyclic) bond motifs is 1. The quantitative estimate of drug-likeness (QED) is 0.754. The topological polar surface area (TPSA) is 37.2 Å². The first-order valence-corrected chi connectivity index (χ1v) is 7.21. The van der Waals surface area contributed by atoms with E-state index in [0.717, 1.165) is 18.7 Å². The molecule has 0 fully saturated rings. The molecule has 2 N–H and O–H groups in total. The minimum atomic E-state index is 0.0973. The van der Waals surface area contributed by atoms with E-state index in [9.17, 15) is 0 Å². The van der Waals surface area contributed by atoms with Gasteiger partial charge >= 0.3 is 0 Å². The molecule has 3 heteroatoms. The number of aliphatic hydroxyl groups is 1. The molecule has 0 saturated carbocycles. The van der Waals surface area contributed by atoms with Crippen molar-refractivity contribution in [2.45, 2.75) is 19.7 Å². The highest BCUT2D eigenvalue weighted by atomic mass is 16.3. The summed E-state index contributed by atoms with van der Waals surface area (Å²) in [4.78, 5) is 0. The summed E-state index contributed by atoms with van der Waals surface area (Å²) in [7, 11) is 1.96. The Morgan fingerprint density at radius 2 is 1.67 bits per heavy atom. The van der Waals surface area contributed by atoms with Crippen molar-refractivity contribution in [1.82, 2.24) is 9.88 Å². The third-order valence-electron chi connectivity index (χ3n) is 3.78. The molecule has 108 valence electrons. The zero-order valence-electron chi connectivity index (χ0n) is 12.2. The summed E-state index contributed by atoms with van der Waals surface area (Å²) in [6.07, 6.45) is 2.13. The van der Waals surface area contributed by atoms with Crippen LogP contribution in [0.2, 0.25) is 0 Å². The summed E-state index contributed by atoms with van der Waals surface area (Å²) >= 11 is 0. The lowest BCUT2D eigenvalue weighted by molar-refractivity contribution is 0.282. The largest absolute Gasteiger partial charge is 0.392 e. The molecule has 0 saturated heterocycles. The summed E-state index contributed by atoms with van der Waals surface area (Å²) in [5.74, 6) is 0. The number of hydrogen-bond donors (Lipinski definition) is 2. The van der Waals surface area contributed by atoms with E-state index in [1.165, 1.54) is 22.0 Å². The van der Waals surface area contributed by atoms with Crippen LogP contribution in [-0.4, -0.2) is 16.7 Å². The Hall–Kier alpha value is -2.10. The molecule has 1 heterocycles. The molecule has 0 unspecified atom stereocenters. The molecule has 3 rings (SSSR count). The van der Waals surface area contributed by atoms with Gasteiger partial charge in [0.15, 0.2) is 0 Å². The number of rotatable bonds is 5. The average Bonchev–Trinajstić information content (AvgIpc) is 2.91. The average molecular weight is 280 g/mol. The standard InChI is InChI=1S/C18H20N2O/c1-19-11-16-6-7-17-8-9-20(18(17)10-16)12-14-2-4-15(13-21)5-3-14/h2-10,19,21H,11-13H2,1H3. The number of nitrogens with one attached hydrogen (secondary N) is 1. The summed E-state index contributed by atoms with van der Waals surface area (Å²) in [6, 6.07) is 16.9. The Kier molecular flexibility index (Phi) is 4.04. The lowest BCUT2D eigenvalue weighted by Gasteiger charge is -2.08. The molecule has 0 bridgehead atoms. The normalized spacial score (nSPS) is 11.1. The van der Waals surface area contributed by atoms with Crippen molar-refractivity contribution in [3.05, 3.63) is 71.4 Å². The van der Waals surface area contributed by atoms with Gasteiger partial charge in [0, 0.05) is 24.8 Å². The van der Waals surface area contributed by atoms with Gasteiger partial charge in [-0.05, 0) is 41.3 Å². The second-order valence-electron chi connectivity index (χ2n) is 5.34. The van der Waals surface area contributed by atoms with Crippen molar-refractivity contribution in [2.75, 3.05) is 7.05 Å². The molecule has 21 heavy (non-hydrogen) atoms. The van der Waals surface area contributed by atoms with Crippen LogP contribution in [0.5, 0.6) is 0 Å². The third-order valence-corrected chi connectivity index (χ3v) is 3.78. The van der Waals surface area contributed by atoms with E-state index in [2.05, 4.69) is 52.5 Å². The van der Waals surface area contributed by atoms with Gasteiger partial charge in [0.1, 0.15) is 0 Å². The van der Waals surface area contributed by atoms with Crippen LogP contribution in [0.3, 0.4) is 0 Å². The van der Waals surface area contributed by atoms with Crippen molar-refractivity contribution in [3.8, 4) is 0 Å². The summed E-state index contributed by atoms with van der Waals surface area (Å²) in [5.41, 5.74) is 4.74. The lowest BCUT2D eigenvalue weighted by atomic mass is 10.1. The lowest BCUT2D eigenvalue weighted by Crippen LogP contribution is -2.05. The van der Waals surface area contributed by atoms with E-state index in [-0.39, 0.29) is 6.61 Å². The predicted octanol–water partition coefficient (Wildman–Crippen LogP) is 2.90. The summed E-state index contributed by atoms with van der Waals surface area (Å²) in [5, 5.41) is 13.6. The minimum Gasteiger partial charge on any atom is -0.392 e. The van der Waals surface area contributed by atoms with Crippen LogP contribution in [0.15, 0.2) is 54.7 Å². The first-order valence-electron chi connectivity index (χ1n) is 7.21. The fraction of sp³-hybridized carbons (Fsp3) is 0.222. The first kappa shape index (κ1) is 13.9. The van der Waals surface area contributed by atoms with E-state index in [4.69, 9.17) is 5.11 Å². The van der Waals surface area contributed by atoms with Crippen LogP contribution in [-0.2, 0) is 19.7 Å². The monoisotopic (exact) mass is 280 g/mol. The van der Waals surface area contributed by atoms with Gasteiger partial charge in [-0.25, -0.2) is 0 Å². The molecule has 0 atom stereocenters. The molecule has 0 radical (unpaired) electrons. The van der Waals surface area contributed by atoms with Crippen molar-refractivity contribution >= 4 is 10.9 Å². The highest BCUT2D eigenvalue weighted by Gasteiger charge is 2.03. The van der Waals surface area contributed by atoms with Crippen LogP contribution in [0, 0.1) is 0 Å². The van der Waals surface area contributed by atoms with E-state index < -0.39 is 0 Å². The van der Waals surface area contributed by atoms with Crippen molar-refractivity contribution in [1.29, 1.82) is 0 Å². The zero-order chi connectivity index (χ0) is 14.7. The molecule has 0 aliphatic heterocycles. The van der Waals surface area contributed by atoms with E-state index in [1.54, 1.807) is 0 Å². The number of aromatic nitrogens is 1. The van der Waals surface area contributed by atoms with Gasteiger partial charge in [-0.2, -0.15) is 0 Å². The van der Waals surface area contributed by atoms with Crippen LogP contribution in [0.4, 0.5) is 0 Å². The van der Waals surface area contributed by atoms with Crippen LogP contribution in [0.1, 0.15) is 16.7 Å². The molecular weight excluding hydrogens is 260 g/mol. The number of hydrogen-bond acceptors (Lipinski definition) is 2. The van der Waals surface area contributed by atoms with Crippen molar-refractivity contribution < 1.29 is 5.11 Å². The van der Waals surface area contributed by atoms with Crippen LogP contribution < -0.4 is 5.32 Å². The van der Waals surface area contributed by atoms with Gasteiger partial charge in [0.05, 0.1) is 6.61 Å². The Balaban J connectivity index is 1.90. The second kappa shape index (κ2) is 6.12. The summed E-state index contributed by atoms with van der Waals surface area (Å²) in [6.45, 7) is 1.82. The molecule has 0 spiro atoms. The Bertz CT molecular complexity index is 729. The zero-order valence-corrected chi connectivity index (χ0v) is 12.2. The van der Waals surface area contributed by atoms with E-state index in [0.29, 0.717) is 0 Å². The van der Waals surface area contributed by atoms with E-state index in [1.807, 2.05) is 19.2 Å². The van der Waals surface area contributed by atoms with Crippen molar-refractivity contribution in [2.24, 2.45) is 0 Å².